The summed E-state index contributed by atoms with van der Waals surface area (Å²) < 4.78 is 5.64. The van der Waals surface area contributed by atoms with Gasteiger partial charge in [-0.1, -0.05) is 19.9 Å². The Morgan fingerprint density at radius 3 is 2.29 bits per heavy atom. The first-order valence-corrected chi connectivity index (χ1v) is 5.68. The number of ether oxygens (including phenoxy) is 1. The Labute approximate surface area is 102 Å². The summed E-state index contributed by atoms with van der Waals surface area (Å²) in [5.74, 6) is 0.659. The van der Waals surface area contributed by atoms with Crippen molar-refractivity contribution >= 4 is 5.69 Å². The molecule has 0 aromatic heterocycles. The second kappa shape index (κ2) is 4.73. The van der Waals surface area contributed by atoms with Gasteiger partial charge >= 0.3 is 5.69 Å². The van der Waals surface area contributed by atoms with E-state index in [0.29, 0.717) is 11.7 Å². The Kier molecular flexibility index (Phi) is 3.76. The Bertz CT molecular complexity index is 419. The lowest BCUT2D eigenvalue weighted by Crippen LogP contribution is -2.23. The van der Waals surface area contributed by atoms with Crippen LogP contribution in [0.15, 0.2) is 18.2 Å². The summed E-state index contributed by atoms with van der Waals surface area (Å²) in [6.07, 6.45) is 0. The summed E-state index contributed by atoms with van der Waals surface area (Å²) >= 11 is 0. The molecule has 0 heterocycles. The highest BCUT2D eigenvalue weighted by molar-refractivity contribution is 5.49. The predicted octanol–water partition coefficient (Wildman–Crippen LogP) is 3.90. The second-order valence-electron chi connectivity index (χ2n) is 5.35. The van der Waals surface area contributed by atoms with Gasteiger partial charge in [-0.15, -0.1) is 0 Å². The van der Waals surface area contributed by atoms with E-state index in [1.54, 1.807) is 12.1 Å². The topological polar surface area (TPSA) is 52.4 Å². The van der Waals surface area contributed by atoms with E-state index in [2.05, 4.69) is 0 Å². The van der Waals surface area contributed by atoms with Crippen molar-refractivity contribution in [2.45, 2.75) is 46.1 Å². The largest absolute Gasteiger partial charge is 0.481 e. The fourth-order valence-corrected chi connectivity index (χ4v) is 1.45. The van der Waals surface area contributed by atoms with Crippen LogP contribution in [-0.4, -0.2) is 10.5 Å². The number of hydrogen-bond donors (Lipinski definition) is 0. The predicted molar refractivity (Wildman–Crippen MR) is 67.6 cm³/mol. The minimum absolute atomic E-state index is 0.0179. The van der Waals surface area contributed by atoms with Crippen LogP contribution >= 0.6 is 0 Å². The average Bonchev–Trinajstić information content (AvgIpc) is 2.14. The maximum atomic E-state index is 10.9. The maximum Gasteiger partial charge on any atom is 0.310 e. The van der Waals surface area contributed by atoms with Gasteiger partial charge in [0.2, 0.25) is 0 Å². The molecule has 0 atom stereocenters. The summed E-state index contributed by atoms with van der Waals surface area (Å²) in [4.78, 5) is 10.5. The van der Waals surface area contributed by atoms with Gasteiger partial charge in [-0.2, -0.15) is 0 Å². The average molecular weight is 237 g/mol. The standard InChI is InChI=1S/C13H19NO3/c1-9(2)10-6-7-11(14(15)16)12(8-10)17-13(3,4)5/h6-9H,1-5H3. The van der Waals surface area contributed by atoms with Crippen molar-refractivity contribution in [2.24, 2.45) is 0 Å². The SMILES string of the molecule is CC(C)c1ccc([N+](=O)[O-])c(OC(C)(C)C)c1. The zero-order valence-corrected chi connectivity index (χ0v) is 11.0. The summed E-state index contributed by atoms with van der Waals surface area (Å²) in [7, 11) is 0. The van der Waals surface area contributed by atoms with E-state index in [9.17, 15) is 10.1 Å². The molecule has 4 nitrogen and oxygen atoms in total. The molecule has 0 spiro atoms. The van der Waals surface area contributed by atoms with Crippen LogP contribution in [-0.2, 0) is 0 Å². The van der Waals surface area contributed by atoms with Gasteiger partial charge in [-0.3, -0.25) is 10.1 Å². The van der Waals surface area contributed by atoms with E-state index in [-0.39, 0.29) is 5.69 Å². The minimum Gasteiger partial charge on any atom is -0.481 e. The molecule has 0 saturated heterocycles. The van der Waals surface area contributed by atoms with Crippen molar-refractivity contribution in [2.75, 3.05) is 0 Å². The quantitative estimate of drug-likeness (QED) is 0.591. The van der Waals surface area contributed by atoms with Crippen LogP contribution in [0.4, 0.5) is 5.69 Å². The lowest BCUT2D eigenvalue weighted by atomic mass is 10.0. The van der Waals surface area contributed by atoms with Crippen molar-refractivity contribution in [1.82, 2.24) is 0 Å². The van der Waals surface area contributed by atoms with Crippen molar-refractivity contribution in [3.05, 3.63) is 33.9 Å². The summed E-state index contributed by atoms with van der Waals surface area (Å²) in [6.45, 7) is 9.71. The second-order valence-corrected chi connectivity index (χ2v) is 5.35. The number of benzene rings is 1. The lowest BCUT2D eigenvalue weighted by Gasteiger charge is -2.21. The molecule has 0 bridgehead atoms. The molecule has 1 aromatic rings. The lowest BCUT2D eigenvalue weighted by molar-refractivity contribution is -0.386. The molecule has 0 amide bonds. The molecule has 0 aliphatic rings. The van der Waals surface area contributed by atoms with Crippen LogP contribution < -0.4 is 4.74 Å². The summed E-state index contributed by atoms with van der Waals surface area (Å²) in [5.41, 5.74) is 0.611. The minimum atomic E-state index is -0.444. The van der Waals surface area contributed by atoms with Gasteiger partial charge in [0, 0.05) is 6.07 Å². The monoisotopic (exact) mass is 237 g/mol. The molecule has 0 aliphatic heterocycles. The van der Waals surface area contributed by atoms with E-state index in [1.165, 1.54) is 6.07 Å². The zero-order chi connectivity index (χ0) is 13.2. The molecule has 1 aromatic carbocycles. The Balaban J connectivity index is 3.21. The molecular formula is C13H19NO3. The Morgan fingerprint density at radius 1 is 1.29 bits per heavy atom. The molecular weight excluding hydrogens is 218 g/mol. The van der Waals surface area contributed by atoms with Crippen LogP contribution in [0.1, 0.15) is 46.1 Å². The first-order chi connectivity index (χ1) is 7.70. The van der Waals surface area contributed by atoms with Crippen molar-refractivity contribution < 1.29 is 9.66 Å². The highest BCUT2D eigenvalue weighted by Gasteiger charge is 2.21. The van der Waals surface area contributed by atoms with Crippen LogP contribution in [0.5, 0.6) is 5.75 Å². The van der Waals surface area contributed by atoms with Gasteiger partial charge < -0.3 is 4.74 Å². The van der Waals surface area contributed by atoms with Gasteiger partial charge in [-0.25, -0.2) is 0 Å². The third-order valence-electron chi connectivity index (χ3n) is 2.26. The Hall–Kier alpha value is -1.58. The van der Waals surface area contributed by atoms with Crippen LogP contribution in [0.25, 0.3) is 0 Å². The smallest absolute Gasteiger partial charge is 0.310 e. The number of rotatable bonds is 3. The molecule has 0 aliphatic carbocycles. The number of hydrogen-bond acceptors (Lipinski definition) is 3. The van der Waals surface area contributed by atoms with E-state index < -0.39 is 10.5 Å². The molecule has 17 heavy (non-hydrogen) atoms. The highest BCUT2D eigenvalue weighted by Crippen LogP contribution is 2.32. The van der Waals surface area contributed by atoms with Crippen LogP contribution in [0, 0.1) is 10.1 Å². The third-order valence-corrected chi connectivity index (χ3v) is 2.26. The molecule has 94 valence electrons. The summed E-state index contributed by atoms with van der Waals surface area (Å²) in [6, 6.07) is 5.04. The number of nitro groups is 1. The Morgan fingerprint density at radius 2 is 1.88 bits per heavy atom. The van der Waals surface area contributed by atoms with Crippen molar-refractivity contribution in [3.8, 4) is 5.75 Å². The molecule has 1 rings (SSSR count). The van der Waals surface area contributed by atoms with Crippen LogP contribution in [0.3, 0.4) is 0 Å². The molecule has 0 fully saturated rings. The first-order valence-electron chi connectivity index (χ1n) is 5.68. The zero-order valence-electron chi connectivity index (χ0n) is 11.0. The number of nitro benzene ring substituents is 1. The van der Waals surface area contributed by atoms with Gasteiger partial charge in [0.15, 0.2) is 5.75 Å². The highest BCUT2D eigenvalue weighted by atomic mass is 16.6. The fourth-order valence-electron chi connectivity index (χ4n) is 1.45. The molecule has 0 N–H and O–H groups in total. The first kappa shape index (κ1) is 13.5. The van der Waals surface area contributed by atoms with Gasteiger partial charge in [0.1, 0.15) is 5.60 Å². The van der Waals surface area contributed by atoms with E-state index in [1.807, 2.05) is 34.6 Å². The molecule has 0 radical (unpaired) electrons. The van der Waals surface area contributed by atoms with Gasteiger partial charge in [0.05, 0.1) is 4.92 Å². The third kappa shape index (κ3) is 3.73. The van der Waals surface area contributed by atoms with Gasteiger partial charge in [0.25, 0.3) is 0 Å². The van der Waals surface area contributed by atoms with E-state index in [4.69, 9.17) is 4.74 Å². The van der Waals surface area contributed by atoms with Crippen molar-refractivity contribution in [1.29, 1.82) is 0 Å². The molecule has 0 saturated carbocycles. The van der Waals surface area contributed by atoms with E-state index >= 15 is 0 Å². The summed E-state index contributed by atoms with van der Waals surface area (Å²) in [5, 5.41) is 10.9. The maximum absolute atomic E-state index is 10.9. The number of nitrogens with zero attached hydrogens (tertiary/aromatic N) is 1. The van der Waals surface area contributed by atoms with Crippen LogP contribution in [0.2, 0.25) is 0 Å². The van der Waals surface area contributed by atoms with E-state index in [0.717, 1.165) is 5.56 Å². The molecule has 4 heteroatoms. The van der Waals surface area contributed by atoms with Gasteiger partial charge in [-0.05, 0) is 38.3 Å². The molecule has 0 unspecified atom stereocenters. The normalized spacial score (nSPS) is 11.6. The fraction of sp³-hybridized carbons (Fsp3) is 0.538. The van der Waals surface area contributed by atoms with Crippen molar-refractivity contribution in [3.63, 3.8) is 0 Å².